The van der Waals surface area contributed by atoms with Gasteiger partial charge in [-0.2, -0.15) is 5.10 Å². The highest BCUT2D eigenvalue weighted by Crippen LogP contribution is 2.31. The minimum absolute atomic E-state index is 0.107. The molecule has 2 aromatic heterocycles. The molecule has 6 nitrogen and oxygen atoms in total. The quantitative estimate of drug-likeness (QED) is 0.867. The fraction of sp³-hybridized carbons (Fsp3) is 0.571. The van der Waals surface area contributed by atoms with Gasteiger partial charge in [-0.1, -0.05) is 0 Å². The van der Waals surface area contributed by atoms with Gasteiger partial charge in [0.2, 0.25) is 5.91 Å². The van der Waals surface area contributed by atoms with Crippen molar-refractivity contribution in [1.82, 2.24) is 24.6 Å². The van der Waals surface area contributed by atoms with Crippen LogP contribution in [0.4, 0.5) is 0 Å². The van der Waals surface area contributed by atoms with Gasteiger partial charge in [0.25, 0.3) is 0 Å². The summed E-state index contributed by atoms with van der Waals surface area (Å²) in [5, 5.41) is 5.16. The number of aromatic nitrogens is 4. The van der Waals surface area contributed by atoms with Crippen LogP contribution in [0.5, 0.6) is 0 Å². The maximum absolute atomic E-state index is 12.3. The van der Waals surface area contributed by atoms with Crippen molar-refractivity contribution in [2.75, 3.05) is 13.1 Å². The van der Waals surface area contributed by atoms with Crippen LogP contribution in [0.25, 0.3) is 0 Å². The molecule has 1 aliphatic rings. The molecule has 1 fully saturated rings. The molecule has 1 saturated heterocycles. The molecular weight excluding hydrogens is 286 g/mol. The minimum Gasteiger partial charge on any atom is -0.340 e. The summed E-state index contributed by atoms with van der Waals surface area (Å²) in [5.41, 5.74) is 1.11. The van der Waals surface area contributed by atoms with E-state index in [9.17, 15) is 4.79 Å². The van der Waals surface area contributed by atoms with Crippen LogP contribution < -0.4 is 0 Å². The standard InChI is InChI=1S/C14H19N5OS/c1-10-11(2)21-14(17-10)12-4-3-5-18(6-12)13(20)7-19-9-15-8-16-19/h8-9,12H,3-7H2,1-2H3/t12-/m1/s1. The molecule has 3 heterocycles. The van der Waals surface area contributed by atoms with E-state index in [0.717, 1.165) is 31.6 Å². The third-order valence-corrected chi connectivity index (χ3v) is 5.17. The second-order valence-electron chi connectivity index (χ2n) is 5.47. The van der Waals surface area contributed by atoms with Crippen LogP contribution in [0.1, 0.15) is 34.3 Å². The van der Waals surface area contributed by atoms with Crippen molar-refractivity contribution in [3.8, 4) is 0 Å². The lowest BCUT2D eigenvalue weighted by Gasteiger charge is -2.31. The van der Waals surface area contributed by atoms with E-state index in [0.29, 0.717) is 5.92 Å². The number of carbonyl (C=O) groups excluding carboxylic acids is 1. The Morgan fingerprint density at radius 2 is 2.33 bits per heavy atom. The molecule has 0 bridgehead atoms. The first kappa shape index (κ1) is 14.2. The molecule has 2 aromatic rings. The number of thiazole rings is 1. The Kier molecular flexibility index (Phi) is 4.01. The van der Waals surface area contributed by atoms with Crippen molar-refractivity contribution in [1.29, 1.82) is 0 Å². The third kappa shape index (κ3) is 3.12. The molecule has 1 aliphatic heterocycles. The number of amides is 1. The lowest BCUT2D eigenvalue weighted by Crippen LogP contribution is -2.40. The SMILES string of the molecule is Cc1nc([C@@H]2CCCN(C(=O)Cn3cncn3)C2)sc1C. The highest BCUT2D eigenvalue weighted by Gasteiger charge is 2.27. The fourth-order valence-electron chi connectivity index (χ4n) is 2.63. The van der Waals surface area contributed by atoms with E-state index in [1.54, 1.807) is 22.3 Å². The van der Waals surface area contributed by atoms with Crippen molar-refractivity contribution < 1.29 is 4.79 Å². The zero-order chi connectivity index (χ0) is 14.8. The molecular formula is C14H19N5OS. The number of hydrogen-bond donors (Lipinski definition) is 0. The second-order valence-corrected chi connectivity index (χ2v) is 6.70. The van der Waals surface area contributed by atoms with Gasteiger partial charge in [0.15, 0.2) is 0 Å². The van der Waals surface area contributed by atoms with Crippen LogP contribution >= 0.6 is 11.3 Å². The van der Waals surface area contributed by atoms with Gasteiger partial charge < -0.3 is 4.90 Å². The average Bonchev–Trinajstić information content (AvgIpc) is 3.10. The number of nitrogens with zero attached hydrogens (tertiary/aromatic N) is 5. The molecule has 1 atom stereocenters. The molecule has 1 amide bonds. The summed E-state index contributed by atoms with van der Waals surface area (Å²) >= 11 is 1.76. The van der Waals surface area contributed by atoms with Crippen molar-refractivity contribution in [2.45, 2.75) is 39.2 Å². The highest BCUT2D eigenvalue weighted by atomic mass is 32.1. The molecule has 0 aliphatic carbocycles. The van der Waals surface area contributed by atoms with E-state index >= 15 is 0 Å². The minimum atomic E-state index is 0.107. The van der Waals surface area contributed by atoms with E-state index in [4.69, 9.17) is 0 Å². The van der Waals surface area contributed by atoms with Crippen LogP contribution in [0.3, 0.4) is 0 Å². The van der Waals surface area contributed by atoms with Crippen LogP contribution in [-0.4, -0.2) is 43.6 Å². The average molecular weight is 305 g/mol. The third-order valence-electron chi connectivity index (χ3n) is 3.93. The van der Waals surface area contributed by atoms with Crippen LogP contribution in [-0.2, 0) is 11.3 Å². The van der Waals surface area contributed by atoms with E-state index < -0.39 is 0 Å². The molecule has 0 aromatic carbocycles. The van der Waals surface area contributed by atoms with Gasteiger partial charge in [0.05, 0.1) is 10.7 Å². The summed E-state index contributed by atoms with van der Waals surface area (Å²) < 4.78 is 1.57. The van der Waals surface area contributed by atoms with Crippen LogP contribution in [0.15, 0.2) is 12.7 Å². The molecule has 0 saturated carbocycles. The molecule has 7 heteroatoms. The molecule has 112 valence electrons. The molecule has 3 rings (SSSR count). The Balaban J connectivity index is 1.66. The summed E-state index contributed by atoms with van der Waals surface area (Å²) in [5.74, 6) is 0.478. The van der Waals surface area contributed by atoms with E-state index in [2.05, 4.69) is 22.0 Å². The van der Waals surface area contributed by atoms with E-state index in [1.807, 2.05) is 11.8 Å². The smallest absolute Gasteiger partial charge is 0.244 e. The second kappa shape index (κ2) is 5.93. The Labute approximate surface area is 127 Å². The number of rotatable bonds is 3. The predicted octanol–water partition coefficient (Wildman–Crippen LogP) is 1.76. The maximum Gasteiger partial charge on any atom is 0.244 e. The zero-order valence-corrected chi connectivity index (χ0v) is 13.1. The Morgan fingerprint density at radius 1 is 1.48 bits per heavy atom. The van der Waals surface area contributed by atoms with Crippen molar-refractivity contribution in [3.63, 3.8) is 0 Å². The molecule has 0 spiro atoms. The predicted molar refractivity (Wildman–Crippen MR) is 80.2 cm³/mol. The summed E-state index contributed by atoms with van der Waals surface area (Å²) in [4.78, 5) is 24.1. The molecule has 21 heavy (non-hydrogen) atoms. The lowest BCUT2D eigenvalue weighted by molar-refractivity contribution is -0.133. The molecule has 0 unspecified atom stereocenters. The largest absolute Gasteiger partial charge is 0.340 e. The zero-order valence-electron chi connectivity index (χ0n) is 12.3. The van der Waals surface area contributed by atoms with Gasteiger partial charge >= 0.3 is 0 Å². The number of aryl methyl sites for hydroxylation is 2. The van der Waals surface area contributed by atoms with Gasteiger partial charge in [0, 0.05) is 23.9 Å². The Bertz CT molecular complexity index is 602. The number of piperidine rings is 1. The van der Waals surface area contributed by atoms with Gasteiger partial charge in [-0.25, -0.2) is 14.6 Å². The number of likely N-dealkylation sites (tertiary alicyclic amines) is 1. The molecule has 0 radical (unpaired) electrons. The molecule has 0 N–H and O–H groups in total. The van der Waals surface area contributed by atoms with Crippen molar-refractivity contribution in [2.24, 2.45) is 0 Å². The summed E-state index contributed by atoms with van der Waals surface area (Å²) in [6.45, 7) is 6.01. The highest BCUT2D eigenvalue weighted by molar-refractivity contribution is 7.11. The fourth-order valence-corrected chi connectivity index (χ4v) is 3.68. The summed E-state index contributed by atoms with van der Waals surface area (Å²) in [6, 6.07) is 0. The van der Waals surface area contributed by atoms with Gasteiger partial charge in [-0.05, 0) is 26.7 Å². The first-order valence-electron chi connectivity index (χ1n) is 7.17. The topological polar surface area (TPSA) is 63.9 Å². The first-order chi connectivity index (χ1) is 10.1. The monoisotopic (exact) mass is 305 g/mol. The number of carbonyl (C=O) groups is 1. The normalized spacial score (nSPS) is 19.0. The number of hydrogen-bond acceptors (Lipinski definition) is 5. The Morgan fingerprint density at radius 3 is 3.00 bits per heavy atom. The van der Waals surface area contributed by atoms with Crippen LogP contribution in [0, 0.1) is 13.8 Å². The summed E-state index contributed by atoms with van der Waals surface area (Å²) in [7, 11) is 0. The van der Waals surface area contributed by atoms with Gasteiger partial charge in [-0.15, -0.1) is 11.3 Å². The maximum atomic E-state index is 12.3. The van der Waals surface area contributed by atoms with E-state index in [-0.39, 0.29) is 12.5 Å². The Hall–Kier alpha value is -1.76. The van der Waals surface area contributed by atoms with E-state index in [1.165, 1.54) is 16.2 Å². The van der Waals surface area contributed by atoms with Gasteiger partial charge in [0.1, 0.15) is 19.2 Å². The van der Waals surface area contributed by atoms with Crippen molar-refractivity contribution in [3.05, 3.63) is 28.2 Å². The first-order valence-corrected chi connectivity index (χ1v) is 7.99. The van der Waals surface area contributed by atoms with Crippen molar-refractivity contribution >= 4 is 17.2 Å². The lowest BCUT2D eigenvalue weighted by atomic mass is 9.98. The van der Waals surface area contributed by atoms with Crippen LogP contribution in [0.2, 0.25) is 0 Å². The summed E-state index contributed by atoms with van der Waals surface area (Å²) in [6.07, 6.45) is 5.17. The van der Waals surface area contributed by atoms with Gasteiger partial charge in [-0.3, -0.25) is 4.79 Å².